The molecule has 1 aromatic heterocycles. The second-order valence-corrected chi connectivity index (χ2v) is 4.35. The van der Waals surface area contributed by atoms with E-state index in [2.05, 4.69) is 10.2 Å². The largest absolute Gasteiger partial charge is 0.437 e. The van der Waals surface area contributed by atoms with Crippen molar-refractivity contribution in [3.05, 3.63) is 72.4 Å². The van der Waals surface area contributed by atoms with E-state index in [9.17, 15) is 0 Å². The van der Waals surface area contributed by atoms with Crippen LogP contribution >= 0.6 is 0 Å². The number of rotatable bonds is 3. The summed E-state index contributed by atoms with van der Waals surface area (Å²) in [4.78, 5) is 0. The summed E-state index contributed by atoms with van der Waals surface area (Å²) in [7, 11) is 0. The van der Waals surface area contributed by atoms with Crippen LogP contribution in [0.15, 0.2) is 66.9 Å². The summed E-state index contributed by atoms with van der Waals surface area (Å²) in [6, 6.07) is 21.3. The van der Waals surface area contributed by atoms with Crippen LogP contribution in [0.5, 0.6) is 11.6 Å². The van der Waals surface area contributed by atoms with Gasteiger partial charge in [0, 0.05) is 0 Å². The molecule has 0 aliphatic heterocycles. The van der Waals surface area contributed by atoms with E-state index in [4.69, 9.17) is 10.00 Å². The highest BCUT2D eigenvalue weighted by Gasteiger charge is 2.06. The maximum absolute atomic E-state index is 8.99. The molecular weight excluding hydrogens is 262 g/mol. The van der Waals surface area contributed by atoms with Crippen molar-refractivity contribution in [3.63, 3.8) is 0 Å². The number of hydrogen-bond donors (Lipinski definition) is 0. The quantitative estimate of drug-likeness (QED) is 0.728. The zero-order valence-corrected chi connectivity index (χ0v) is 11.1. The van der Waals surface area contributed by atoms with Crippen LogP contribution < -0.4 is 4.74 Å². The van der Waals surface area contributed by atoms with E-state index in [1.807, 2.05) is 60.7 Å². The van der Waals surface area contributed by atoms with Crippen LogP contribution in [-0.4, -0.2) is 10.2 Å². The molecule has 4 heteroatoms. The van der Waals surface area contributed by atoms with Crippen molar-refractivity contribution < 1.29 is 4.74 Å². The van der Waals surface area contributed by atoms with Gasteiger partial charge in [-0.3, -0.25) is 0 Å². The van der Waals surface area contributed by atoms with E-state index in [1.54, 1.807) is 6.07 Å². The Morgan fingerprint density at radius 3 is 2.29 bits per heavy atom. The van der Waals surface area contributed by atoms with Crippen LogP contribution in [0.2, 0.25) is 0 Å². The SMILES string of the molecule is N#Cc1ccnnc1Oc1ccc(-c2ccccc2)cc1. The van der Waals surface area contributed by atoms with E-state index >= 15 is 0 Å². The number of benzene rings is 2. The molecule has 21 heavy (non-hydrogen) atoms. The lowest BCUT2D eigenvalue weighted by atomic mass is 10.1. The molecule has 4 nitrogen and oxygen atoms in total. The Labute approximate surface area is 122 Å². The minimum Gasteiger partial charge on any atom is -0.437 e. The molecule has 3 aromatic rings. The van der Waals surface area contributed by atoms with Crippen LogP contribution in [0.1, 0.15) is 5.56 Å². The second kappa shape index (κ2) is 5.85. The topological polar surface area (TPSA) is 58.8 Å². The Bertz CT molecular complexity index is 777. The van der Waals surface area contributed by atoms with Gasteiger partial charge < -0.3 is 4.74 Å². The van der Waals surface area contributed by atoms with Crippen molar-refractivity contribution in [2.24, 2.45) is 0 Å². The number of ether oxygens (including phenoxy) is 1. The Morgan fingerprint density at radius 2 is 1.57 bits per heavy atom. The van der Waals surface area contributed by atoms with Crippen LogP contribution in [-0.2, 0) is 0 Å². The lowest BCUT2D eigenvalue weighted by Crippen LogP contribution is -1.93. The molecule has 0 bridgehead atoms. The summed E-state index contributed by atoms with van der Waals surface area (Å²) >= 11 is 0. The summed E-state index contributed by atoms with van der Waals surface area (Å²) < 4.78 is 5.60. The molecule has 0 atom stereocenters. The lowest BCUT2D eigenvalue weighted by Gasteiger charge is -2.06. The highest BCUT2D eigenvalue weighted by atomic mass is 16.5. The Balaban J connectivity index is 1.84. The predicted molar refractivity (Wildman–Crippen MR) is 78.7 cm³/mol. The zero-order valence-electron chi connectivity index (χ0n) is 11.1. The minimum absolute atomic E-state index is 0.215. The molecule has 2 aromatic carbocycles. The molecule has 3 rings (SSSR count). The Kier molecular flexibility index (Phi) is 3.57. The van der Waals surface area contributed by atoms with Gasteiger partial charge in [-0.05, 0) is 29.3 Å². The van der Waals surface area contributed by atoms with E-state index < -0.39 is 0 Å². The van der Waals surface area contributed by atoms with Gasteiger partial charge >= 0.3 is 0 Å². The van der Waals surface area contributed by atoms with Crippen LogP contribution in [0.3, 0.4) is 0 Å². The first-order chi connectivity index (χ1) is 10.4. The number of aromatic nitrogens is 2. The highest BCUT2D eigenvalue weighted by molar-refractivity contribution is 5.64. The van der Waals surface area contributed by atoms with Crippen LogP contribution in [0.4, 0.5) is 0 Å². The maximum atomic E-state index is 8.99. The van der Waals surface area contributed by atoms with Gasteiger partial charge in [0.05, 0.1) is 6.20 Å². The molecular formula is C17H11N3O. The van der Waals surface area contributed by atoms with E-state index in [0.717, 1.165) is 11.1 Å². The van der Waals surface area contributed by atoms with Gasteiger partial charge in [-0.15, -0.1) is 5.10 Å². The summed E-state index contributed by atoms with van der Waals surface area (Å²) in [5.41, 5.74) is 2.60. The van der Waals surface area contributed by atoms with Gasteiger partial charge in [0.1, 0.15) is 17.4 Å². The number of nitriles is 1. The average molecular weight is 273 g/mol. The minimum atomic E-state index is 0.215. The van der Waals surface area contributed by atoms with Gasteiger partial charge in [0.25, 0.3) is 5.88 Å². The first-order valence-electron chi connectivity index (χ1n) is 6.42. The Hall–Kier alpha value is -3.19. The average Bonchev–Trinajstić information content (AvgIpc) is 2.57. The van der Waals surface area contributed by atoms with Crippen molar-refractivity contribution in [1.82, 2.24) is 10.2 Å². The normalized spacial score (nSPS) is 9.86. The molecule has 0 aliphatic carbocycles. The molecule has 0 radical (unpaired) electrons. The molecule has 0 unspecified atom stereocenters. The van der Waals surface area contributed by atoms with Gasteiger partial charge in [0.2, 0.25) is 0 Å². The van der Waals surface area contributed by atoms with Crippen molar-refractivity contribution in [2.45, 2.75) is 0 Å². The maximum Gasteiger partial charge on any atom is 0.256 e. The second-order valence-electron chi connectivity index (χ2n) is 4.35. The lowest BCUT2D eigenvalue weighted by molar-refractivity contribution is 0.453. The smallest absolute Gasteiger partial charge is 0.256 e. The standard InChI is InChI=1S/C17H11N3O/c18-12-15-10-11-19-20-17(15)21-16-8-6-14(7-9-16)13-4-2-1-3-5-13/h1-11H. The van der Waals surface area contributed by atoms with Crippen molar-refractivity contribution in [2.75, 3.05) is 0 Å². The fraction of sp³-hybridized carbons (Fsp3) is 0. The van der Waals surface area contributed by atoms with E-state index in [0.29, 0.717) is 11.3 Å². The molecule has 0 aliphatic rings. The molecule has 0 fully saturated rings. The summed E-state index contributed by atoms with van der Waals surface area (Å²) in [5.74, 6) is 0.833. The summed E-state index contributed by atoms with van der Waals surface area (Å²) in [5, 5.41) is 16.6. The first kappa shape index (κ1) is 12.8. The van der Waals surface area contributed by atoms with Crippen LogP contribution in [0, 0.1) is 11.3 Å². The summed E-state index contributed by atoms with van der Waals surface area (Å²) in [6.07, 6.45) is 1.46. The predicted octanol–water partition coefficient (Wildman–Crippen LogP) is 3.81. The third-order valence-corrected chi connectivity index (χ3v) is 2.98. The fourth-order valence-electron chi connectivity index (χ4n) is 1.94. The van der Waals surface area contributed by atoms with Crippen molar-refractivity contribution in [3.8, 4) is 28.8 Å². The van der Waals surface area contributed by atoms with Gasteiger partial charge in [-0.2, -0.15) is 10.4 Å². The van der Waals surface area contributed by atoms with Gasteiger partial charge in [-0.25, -0.2) is 0 Å². The van der Waals surface area contributed by atoms with E-state index in [1.165, 1.54) is 6.20 Å². The van der Waals surface area contributed by atoms with Crippen molar-refractivity contribution >= 4 is 0 Å². The van der Waals surface area contributed by atoms with E-state index in [-0.39, 0.29) is 5.88 Å². The third-order valence-electron chi connectivity index (χ3n) is 2.98. The van der Waals surface area contributed by atoms with Gasteiger partial charge in [-0.1, -0.05) is 42.5 Å². The molecule has 0 N–H and O–H groups in total. The monoisotopic (exact) mass is 273 g/mol. The van der Waals surface area contributed by atoms with Crippen molar-refractivity contribution in [1.29, 1.82) is 5.26 Å². The number of hydrogen-bond acceptors (Lipinski definition) is 4. The van der Waals surface area contributed by atoms with Gasteiger partial charge in [0.15, 0.2) is 0 Å². The molecule has 0 spiro atoms. The fourth-order valence-corrected chi connectivity index (χ4v) is 1.94. The third kappa shape index (κ3) is 2.88. The van der Waals surface area contributed by atoms with Crippen LogP contribution in [0.25, 0.3) is 11.1 Å². The molecule has 1 heterocycles. The summed E-state index contributed by atoms with van der Waals surface area (Å²) in [6.45, 7) is 0. The first-order valence-corrected chi connectivity index (χ1v) is 6.42. The zero-order chi connectivity index (χ0) is 14.5. The molecule has 0 saturated heterocycles. The number of nitrogens with zero attached hydrogens (tertiary/aromatic N) is 3. The molecule has 0 saturated carbocycles. The highest BCUT2D eigenvalue weighted by Crippen LogP contribution is 2.25. The molecule has 100 valence electrons. The Morgan fingerprint density at radius 1 is 0.857 bits per heavy atom. The molecule has 0 amide bonds.